The van der Waals surface area contributed by atoms with Crippen molar-refractivity contribution in [1.82, 2.24) is 10.3 Å². The second-order valence-corrected chi connectivity index (χ2v) is 7.57. The fourth-order valence-corrected chi connectivity index (χ4v) is 4.70. The highest BCUT2D eigenvalue weighted by atomic mass is 32.1. The zero-order valence-electron chi connectivity index (χ0n) is 14.8. The lowest BCUT2D eigenvalue weighted by atomic mass is 10.1. The molecule has 0 radical (unpaired) electrons. The Bertz CT molecular complexity index is 985. The first-order valence-corrected chi connectivity index (χ1v) is 9.74. The Labute approximate surface area is 161 Å². The number of rotatable bonds is 5. The number of nitrogens with zero attached hydrogens (tertiary/aromatic N) is 2. The largest absolute Gasteiger partial charge is 0.349 e. The van der Waals surface area contributed by atoms with Crippen molar-refractivity contribution in [2.24, 2.45) is 0 Å². The van der Waals surface area contributed by atoms with Crippen LogP contribution in [0.4, 0.5) is 16.2 Å². The maximum absolute atomic E-state index is 12.8. The van der Waals surface area contributed by atoms with Gasteiger partial charge in [-0.25, -0.2) is 9.78 Å². The zero-order valence-corrected chi connectivity index (χ0v) is 15.6. The quantitative estimate of drug-likeness (QED) is 0.746. The van der Waals surface area contributed by atoms with Crippen LogP contribution < -0.4 is 15.5 Å². The molecule has 2 aliphatic rings. The molecule has 0 atom stereocenters. The molecule has 27 heavy (non-hydrogen) atoms. The van der Waals surface area contributed by atoms with Crippen molar-refractivity contribution in [3.8, 4) is 0 Å². The van der Waals surface area contributed by atoms with E-state index >= 15 is 0 Å². The summed E-state index contributed by atoms with van der Waals surface area (Å²) in [5.41, 5.74) is 1.82. The molecular weight excluding hydrogens is 360 g/mol. The molecule has 1 saturated carbocycles. The van der Waals surface area contributed by atoms with Gasteiger partial charge in [0, 0.05) is 12.2 Å². The Kier molecular flexibility index (Phi) is 4.53. The molecule has 138 valence electrons. The van der Waals surface area contributed by atoms with Gasteiger partial charge in [0.15, 0.2) is 0 Å². The summed E-state index contributed by atoms with van der Waals surface area (Å²) in [6.07, 6.45) is 10.9. The van der Waals surface area contributed by atoms with Gasteiger partial charge < -0.3 is 10.6 Å². The molecule has 0 unspecified atom stereocenters. The highest BCUT2D eigenvalue weighted by Gasteiger charge is 2.33. The molecule has 0 bridgehead atoms. The SMILES string of the molecule is C=C/C=C(\C=C)N1C(=O)Nc2c(C(=O)NC3CCCC3)sc3nccc1c23. The topological polar surface area (TPSA) is 74.3 Å². The van der Waals surface area contributed by atoms with E-state index in [0.717, 1.165) is 31.1 Å². The molecule has 0 spiro atoms. The molecule has 4 rings (SSSR count). The van der Waals surface area contributed by atoms with Gasteiger partial charge in [-0.2, -0.15) is 0 Å². The van der Waals surface area contributed by atoms with Crippen LogP contribution in [0.1, 0.15) is 35.4 Å². The summed E-state index contributed by atoms with van der Waals surface area (Å²) in [5, 5.41) is 6.74. The molecule has 7 heteroatoms. The van der Waals surface area contributed by atoms with Crippen LogP contribution in [0.5, 0.6) is 0 Å². The number of carbonyl (C=O) groups excluding carboxylic acids is 2. The summed E-state index contributed by atoms with van der Waals surface area (Å²) >= 11 is 1.30. The van der Waals surface area contributed by atoms with Gasteiger partial charge in [0.2, 0.25) is 0 Å². The van der Waals surface area contributed by atoms with Gasteiger partial charge in [0.25, 0.3) is 5.91 Å². The highest BCUT2D eigenvalue weighted by Crippen LogP contribution is 2.44. The number of carbonyl (C=O) groups is 2. The summed E-state index contributed by atoms with van der Waals surface area (Å²) in [6, 6.07) is 1.65. The molecule has 1 aliphatic heterocycles. The van der Waals surface area contributed by atoms with Gasteiger partial charge >= 0.3 is 6.03 Å². The number of hydrogen-bond acceptors (Lipinski definition) is 4. The van der Waals surface area contributed by atoms with Crippen LogP contribution in [0.3, 0.4) is 0 Å². The second kappa shape index (κ2) is 7.00. The minimum Gasteiger partial charge on any atom is -0.349 e. The Balaban J connectivity index is 1.80. The van der Waals surface area contributed by atoms with Crippen LogP contribution in [0.2, 0.25) is 0 Å². The van der Waals surface area contributed by atoms with Gasteiger partial charge in [-0.1, -0.05) is 32.1 Å². The van der Waals surface area contributed by atoms with Gasteiger partial charge in [0.05, 0.1) is 22.5 Å². The van der Waals surface area contributed by atoms with Crippen molar-refractivity contribution in [3.63, 3.8) is 0 Å². The number of thiophene rings is 1. The van der Waals surface area contributed by atoms with E-state index < -0.39 is 0 Å². The Hall–Kier alpha value is -2.93. The lowest BCUT2D eigenvalue weighted by Crippen LogP contribution is -2.37. The van der Waals surface area contributed by atoms with E-state index in [1.165, 1.54) is 16.2 Å². The van der Waals surface area contributed by atoms with Crippen LogP contribution in [-0.4, -0.2) is 23.0 Å². The molecule has 0 saturated heterocycles. The van der Waals surface area contributed by atoms with E-state index in [-0.39, 0.29) is 18.0 Å². The summed E-state index contributed by atoms with van der Waals surface area (Å²) < 4.78 is 0. The first-order valence-electron chi connectivity index (χ1n) is 8.92. The molecule has 2 N–H and O–H groups in total. The summed E-state index contributed by atoms with van der Waals surface area (Å²) in [6.45, 7) is 7.48. The van der Waals surface area contributed by atoms with Crippen molar-refractivity contribution < 1.29 is 9.59 Å². The molecule has 1 aliphatic carbocycles. The number of hydrogen-bond donors (Lipinski definition) is 2. The molecule has 6 nitrogen and oxygen atoms in total. The number of amides is 3. The van der Waals surface area contributed by atoms with E-state index in [2.05, 4.69) is 28.8 Å². The standard InChI is InChI=1S/C20H20N4O2S/c1-3-7-13(4-2)24-14-10-11-21-19-15(14)16(23-20(24)26)17(27-19)18(25)22-12-8-5-6-9-12/h3-4,7,10-12H,1-2,5-6,8-9H2,(H,22,25)(H,23,26)/b13-7+. The molecule has 2 aromatic heterocycles. The average molecular weight is 380 g/mol. The Morgan fingerprint density at radius 1 is 1.37 bits per heavy atom. The summed E-state index contributed by atoms with van der Waals surface area (Å²) in [4.78, 5) is 32.8. The maximum Gasteiger partial charge on any atom is 0.331 e. The minimum atomic E-state index is -0.337. The third-order valence-corrected chi connectivity index (χ3v) is 6.00. The van der Waals surface area contributed by atoms with E-state index in [9.17, 15) is 9.59 Å². The van der Waals surface area contributed by atoms with Crippen molar-refractivity contribution in [3.05, 3.63) is 54.2 Å². The van der Waals surface area contributed by atoms with Crippen molar-refractivity contribution >= 4 is 44.9 Å². The van der Waals surface area contributed by atoms with Crippen LogP contribution in [0, 0.1) is 0 Å². The fourth-order valence-electron chi connectivity index (χ4n) is 3.68. The van der Waals surface area contributed by atoms with Gasteiger partial charge in [0.1, 0.15) is 9.71 Å². The Morgan fingerprint density at radius 2 is 2.15 bits per heavy atom. The fraction of sp³-hybridized carbons (Fsp3) is 0.250. The van der Waals surface area contributed by atoms with Gasteiger partial charge in [-0.05, 0) is 31.1 Å². The molecule has 1 fully saturated rings. The van der Waals surface area contributed by atoms with Crippen LogP contribution >= 0.6 is 11.3 Å². The number of allylic oxidation sites excluding steroid dienone is 3. The predicted molar refractivity (Wildman–Crippen MR) is 109 cm³/mol. The predicted octanol–water partition coefficient (Wildman–Crippen LogP) is 4.58. The van der Waals surface area contributed by atoms with E-state index in [1.807, 2.05) is 0 Å². The molecule has 3 heterocycles. The van der Waals surface area contributed by atoms with Crippen LogP contribution in [0.25, 0.3) is 10.2 Å². The van der Waals surface area contributed by atoms with Crippen molar-refractivity contribution in [1.29, 1.82) is 0 Å². The first kappa shape index (κ1) is 17.5. The normalized spacial score (nSPS) is 17.1. The van der Waals surface area contributed by atoms with Crippen LogP contribution in [-0.2, 0) is 0 Å². The number of pyridine rings is 1. The molecular formula is C20H20N4O2S. The highest BCUT2D eigenvalue weighted by molar-refractivity contribution is 7.21. The molecule has 2 aromatic rings. The molecule has 0 aromatic carbocycles. The monoisotopic (exact) mass is 380 g/mol. The second-order valence-electron chi connectivity index (χ2n) is 6.57. The first-order chi connectivity index (χ1) is 13.1. The average Bonchev–Trinajstić information content (AvgIpc) is 3.29. The summed E-state index contributed by atoms with van der Waals surface area (Å²) in [5.74, 6) is -0.148. The van der Waals surface area contributed by atoms with Crippen LogP contribution in [0.15, 0.2) is 49.3 Å². The van der Waals surface area contributed by atoms with Crippen molar-refractivity contribution in [2.75, 3.05) is 10.2 Å². The number of nitrogens with one attached hydrogen (secondary N) is 2. The number of urea groups is 1. The van der Waals surface area contributed by atoms with Gasteiger partial charge in [-0.3, -0.25) is 9.69 Å². The Morgan fingerprint density at radius 3 is 2.85 bits per heavy atom. The van der Waals surface area contributed by atoms with E-state index in [0.29, 0.717) is 26.8 Å². The third-order valence-electron chi connectivity index (χ3n) is 4.90. The summed E-state index contributed by atoms with van der Waals surface area (Å²) in [7, 11) is 0. The maximum atomic E-state index is 12.8. The van der Waals surface area contributed by atoms with E-state index in [1.54, 1.807) is 30.5 Å². The molecule has 3 amide bonds. The lowest BCUT2D eigenvalue weighted by Gasteiger charge is -2.29. The van der Waals surface area contributed by atoms with Gasteiger partial charge in [-0.15, -0.1) is 11.3 Å². The number of anilines is 2. The minimum absolute atomic E-state index is 0.148. The lowest BCUT2D eigenvalue weighted by molar-refractivity contribution is 0.0943. The van der Waals surface area contributed by atoms with E-state index in [4.69, 9.17) is 0 Å². The van der Waals surface area contributed by atoms with Crippen molar-refractivity contribution in [2.45, 2.75) is 31.7 Å². The number of aromatic nitrogens is 1. The third kappa shape index (κ3) is 2.94. The zero-order chi connectivity index (χ0) is 19.0. The smallest absolute Gasteiger partial charge is 0.331 e.